The lowest BCUT2D eigenvalue weighted by atomic mass is 10.2. The Hall–Kier alpha value is -1.20. The van der Waals surface area contributed by atoms with E-state index >= 15 is 0 Å². The maximum absolute atomic E-state index is 10.3. The minimum Gasteiger partial charge on any atom is -0.313 e. The molecular weight excluding hydrogens is 184 g/mol. The van der Waals surface area contributed by atoms with Crippen molar-refractivity contribution >= 4 is 0 Å². The molecule has 78 valence electrons. The van der Waals surface area contributed by atoms with Crippen LogP contribution < -0.4 is 0 Å². The number of nitrogens with zero attached hydrogens (tertiary/aromatic N) is 2. The van der Waals surface area contributed by atoms with Crippen molar-refractivity contribution in [3.05, 3.63) is 34.9 Å². The molecule has 0 bridgehead atoms. The molecule has 1 fully saturated rings. The van der Waals surface area contributed by atoms with E-state index < -0.39 is 6.04 Å². The second-order valence-corrected chi connectivity index (χ2v) is 3.37. The third-order valence-corrected chi connectivity index (χ3v) is 2.28. The van der Waals surface area contributed by atoms with Gasteiger partial charge in [-0.1, -0.05) is 12.2 Å². The number of hydroxylamine groups is 2. The van der Waals surface area contributed by atoms with Crippen molar-refractivity contribution in [3.63, 3.8) is 0 Å². The highest BCUT2D eigenvalue weighted by molar-refractivity contribution is 5.12. The lowest BCUT2D eigenvalue weighted by Gasteiger charge is -1.94. The fraction of sp³-hybridized carbons (Fsp3) is 0.556. The Kier molecular flexibility index (Phi) is 3.38. The van der Waals surface area contributed by atoms with E-state index in [1.165, 1.54) is 18.1 Å². The number of rotatable bonds is 5. The minimum atomic E-state index is -0.701. The van der Waals surface area contributed by atoms with Gasteiger partial charge in [-0.25, -0.2) is 0 Å². The summed E-state index contributed by atoms with van der Waals surface area (Å²) in [6, 6.07) is -0.744. The fourth-order valence-corrected chi connectivity index (χ4v) is 1.27. The molecule has 1 heterocycles. The lowest BCUT2D eigenvalue weighted by Crippen LogP contribution is -2.11. The summed E-state index contributed by atoms with van der Waals surface area (Å²) in [6.45, 7) is 5.07. The molecule has 5 nitrogen and oxygen atoms in total. The zero-order valence-electron chi connectivity index (χ0n) is 8.04. The molecule has 0 aromatic carbocycles. The van der Waals surface area contributed by atoms with Crippen molar-refractivity contribution in [3.8, 4) is 0 Å². The van der Waals surface area contributed by atoms with Crippen molar-refractivity contribution < 1.29 is 10.1 Å². The van der Waals surface area contributed by atoms with Crippen LogP contribution in [0.1, 0.15) is 13.3 Å². The molecule has 0 aromatic rings. The minimum absolute atomic E-state index is 0.0442. The molecule has 1 saturated heterocycles. The van der Waals surface area contributed by atoms with E-state index in [1.807, 2.05) is 0 Å². The van der Waals surface area contributed by atoms with Crippen molar-refractivity contribution in [2.45, 2.75) is 31.5 Å². The van der Waals surface area contributed by atoms with Gasteiger partial charge in [-0.15, -0.1) is 6.58 Å². The van der Waals surface area contributed by atoms with E-state index in [4.69, 9.17) is 0 Å². The van der Waals surface area contributed by atoms with Crippen LogP contribution in [0.2, 0.25) is 0 Å². The number of hydrogen-bond acceptors (Lipinski definition) is 4. The van der Waals surface area contributed by atoms with Crippen molar-refractivity contribution in [1.82, 2.24) is 5.06 Å². The van der Waals surface area contributed by atoms with Gasteiger partial charge in [0.05, 0.1) is 12.1 Å². The Labute approximate surface area is 82.4 Å². The summed E-state index contributed by atoms with van der Waals surface area (Å²) in [6.07, 6.45) is 5.58. The molecule has 0 radical (unpaired) electrons. The molecule has 0 aromatic heterocycles. The summed E-state index contributed by atoms with van der Waals surface area (Å²) in [5, 5.41) is 20.7. The van der Waals surface area contributed by atoms with E-state index in [0.29, 0.717) is 6.42 Å². The molecule has 1 rings (SSSR count). The van der Waals surface area contributed by atoms with Crippen LogP contribution in [0.25, 0.3) is 0 Å². The Bertz CT molecular complexity index is 265. The van der Waals surface area contributed by atoms with Crippen LogP contribution in [0.3, 0.4) is 0 Å². The van der Waals surface area contributed by atoms with E-state index in [-0.39, 0.29) is 17.0 Å². The highest BCUT2D eigenvalue weighted by Gasteiger charge is 2.44. The number of nitro groups is 1. The summed E-state index contributed by atoms with van der Waals surface area (Å²) in [5.41, 5.74) is 0. The first kappa shape index (κ1) is 10.9. The van der Waals surface area contributed by atoms with Gasteiger partial charge < -0.3 is 5.21 Å². The first-order valence-electron chi connectivity index (χ1n) is 4.48. The highest BCUT2D eigenvalue weighted by atomic mass is 16.6. The first-order chi connectivity index (χ1) is 6.57. The van der Waals surface area contributed by atoms with Gasteiger partial charge in [-0.2, -0.15) is 5.06 Å². The van der Waals surface area contributed by atoms with Gasteiger partial charge in [0.2, 0.25) is 6.04 Å². The fourth-order valence-electron chi connectivity index (χ4n) is 1.27. The Balaban J connectivity index is 2.39. The Morgan fingerprint density at radius 2 is 2.43 bits per heavy atom. The Morgan fingerprint density at radius 1 is 1.79 bits per heavy atom. The van der Waals surface area contributed by atoms with Gasteiger partial charge in [-0.3, -0.25) is 10.1 Å². The molecule has 1 aliphatic rings. The number of hydrogen-bond donors (Lipinski definition) is 1. The third kappa shape index (κ3) is 2.40. The van der Waals surface area contributed by atoms with Gasteiger partial charge in [0.15, 0.2) is 0 Å². The average molecular weight is 198 g/mol. The molecule has 14 heavy (non-hydrogen) atoms. The molecule has 4 unspecified atom stereocenters. The van der Waals surface area contributed by atoms with E-state index in [1.54, 1.807) is 12.2 Å². The predicted octanol–water partition coefficient (Wildman–Crippen LogP) is 1.23. The Morgan fingerprint density at radius 3 is 2.93 bits per heavy atom. The standard InChI is InChI=1S/C9H14N2O3/c1-3-4-8-9(10(8)12)6-5-7(2)11(13)14/h3,5-9,12H,1,4H2,2H3/b6-5+. The molecule has 1 N–H and O–H groups in total. The monoisotopic (exact) mass is 198 g/mol. The topological polar surface area (TPSA) is 66.4 Å². The van der Waals surface area contributed by atoms with Gasteiger partial charge in [0, 0.05) is 11.8 Å². The molecule has 0 amide bonds. The molecule has 0 aliphatic carbocycles. The van der Waals surface area contributed by atoms with E-state index in [0.717, 1.165) is 0 Å². The normalized spacial score (nSPS) is 32.9. The van der Waals surface area contributed by atoms with Crippen LogP contribution in [0.4, 0.5) is 0 Å². The lowest BCUT2D eigenvalue weighted by molar-refractivity contribution is -0.504. The maximum Gasteiger partial charge on any atom is 0.228 e. The van der Waals surface area contributed by atoms with Gasteiger partial charge in [0.1, 0.15) is 0 Å². The summed E-state index contributed by atoms with van der Waals surface area (Å²) in [5.74, 6) is 0. The SMILES string of the molecule is C=CCC1C(/C=C/C(C)[N+](=O)[O-])N1O. The molecular formula is C9H14N2O3. The second kappa shape index (κ2) is 4.34. The third-order valence-electron chi connectivity index (χ3n) is 2.28. The largest absolute Gasteiger partial charge is 0.313 e. The molecule has 4 atom stereocenters. The summed E-state index contributed by atoms with van der Waals surface area (Å²) in [7, 11) is 0. The van der Waals surface area contributed by atoms with Crippen LogP contribution in [0.15, 0.2) is 24.8 Å². The van der Waals surface area contributed by atoms with E-state index in [2.05, 4.69) is 6.58 Å². The smallest absolute Gasteiger partial charge is 0.228 e. The predicted molar refractivity (Wildman–Crippen MR) is 51.6 cm³/mol. The molecule has 0 saturated carbocycles. The molecule has 5 heteroatoms. The first-order valence-corrected chi connectivity index (χ1v) is 4.48. The highest BCUT2D eigenvalue weighted by Crippen LogP contribution is 2.29. The van der Waals surface area contributed by atoms with Crippen LogP contribution in [0, 0.1) is 10.1 Å². The second-order valence-electron chi connectivity index (χ2n) is 3.37. The molecule has 0 spiro atoms. The van der Waals surface area contributed by atoms with Crippen molar-refractivity contribution in [2.75, 3.05) is 0 Å². The van der Waals surface area contributed by atoms with Crippen LogP contribution in [-0.2, 0) is 0 Å². The van der Waals surface area contributed by atoms with Gasteiger partial charge >= 0.3 is 0 Å². The van der Waals surface area contributed by atoms with Crippen molar-refractivity contribution in [2.24, 2.45) is 0 Å². The summed E-state index contributed by atoms with van der Waals surface area (Å²) >= 11 is 0. The molecule has 1 aliphatic heterocycles. The van der Waals surface area contributed by atoms with Crippen LogP contribution in [0.5, 0.6) is 0 Å². The quantitative estimate of drug-likeness (QED) is 0.312. The maximum atomic E-state index is 10.3. The van der Waals surface area contributed by atoms with Crippen molar-refractivity contribution in [1.29, 1.82) is 0 Å². The van der Waals surface area contributed by atoms with Crippen LogP contribution >= 0.6 is 0 Å². The summed E-state index contributed by atoms with van der Waals surface area (Å²) in [4.78, 5) is 9.91. The zero-order chi connectivity index (χ0) is 10.7. The zero-order valence-corrected chi connectivity index (χ0v) is 8.04. The summed E-state index contributed by atoms with van der Waals surface area (Å²) < 4.78 is 0. The van der Waals surface area contributed by atoms with Crippen LogP contribution in [-0.4, -0.2) is 33.3 Å². The average Bonchev–Trinajstić information content (AvgIpc) is 2.73. The van der Waals surface area contributed by atoms with E-state index in [9.17, 15) is 15.3 Å². The van der Waals surface area contributed by atoms with Gasteiger partial charge in [-0.05, 0) is 12.5 Å². The van der Waals surface area contributed by atoms with Gasteiger partial charge in [0.25, 0.3) is 0 Å².